The van der Waals surface area contributed by atoms with Gasteiger partial charge in [0.1, 0.15) is 0 Å². The van der Waals surface area contributed by atoms with Gasteiger partial charge in [0.05, 0.1) is 11.0 Å². The molecule has 0 saturated heterocycles. The summed E-state index contributed by atoms with van der Waals surface area (Å²) < 4.78 is 4.65. The third-order valence-electron chi connectivity index (χ3n) is 10.4. The SMILES string of the molecule is C=C/C=C\C=C1/Cc2ccccc2C1(C)C.Cn1c2ccccc2c2cc(-c3ccc4c(c3)c3ccccc3n4-c3ccccc3)ccc21. The summed E-state index contributed by atoms with van der Waals surface area (Å²) in [6, 6.07) is 50.4. The molecule has 1 aliphatic carbocycles. The highest BCUT2D eigenvalue weighted by molar-refractivity contribution is 6.12. The van der Waals surface area contributed by atoms with E-state index in [0.717, 1.165) is 6.42 Å². The maximum absolute atomic E-state index is 3.68. The predicted octanol–water partition coefficient (Wildman–Crippen LogP) is 12.3. The molecule has 2 aromatic heterocycles. The lowest BCUT2D eigenvalue weighted by Crippen LogP contribution is -2.14. The van der Waals surface area contributed by atoms with Crippen LogP contribution in [0.1, 0.15) is 25.0 Å². The molecule has 0 bridgehead atoms. The lowest BCUT2D eigenvalue weighted by atomic mass is 9.82. The Morgan fingerprint density at radius 1 is 0.571 bits per heavy atom. The Hall–Kier alpha value is -5.86. The number of allylic oxidation sites excluding steroid dienone is 5. The van der Waals surface area contributed by atoms with Crippen LogP contribution in [0.25, 0.3) is 60.4 Å². The van der Waals surface area contributed by atoms with Crippen molar-refractivity contribution in [1.29, 1.82) is 0 Å². The van der Waals surface area contributed by atoms with Crippen LogP contribution < -0.4 is 0 Å². The Labute approximate surface area is 288 Å². The van der Waals surface area contributed by atoms with E-state index in [4.69, 9.17) is 0 Å². The van der Waals surface area contributed by atoms with Gasteiger partial charge in [-0.3, -0.25) is 0 Å². The van der Waals surface area contributed by atoms with Crippen LogP contribution in [-0.4, -0.2) is 9.13 Å². The summed E-state index contributed by atoms with van der Waals surface area (Å²) in [6.07, 6.45) is 9.17. The maximum Gasteiger partial charge on any atom is 0.0541 e. The van der Waals surface area contributed by atoms with E-state index in [1.807, 2.05) is 12.2 Å². The fraction of sp³-hybridized carbons (Fsp3) is 0.106. The van der Waals surface area contributed by atoms with Crippen LogP contribution in [0.3, 0.4) is 0 Å². The van der Waals surface area contributed by atoms with Crippen molar-refractivity contribution in [2.45, 2.75) is 25.7 Å². The highest BCUT2D eigenvalue weighted by atomic mass is 15.0. The van der Waals surface area contributed by atoms with Gasteiger partial charge >= 0.3 is 0 Å². The lowest BCUT2D eigenvalue weighted by molar-refractivity contribution is 0.644. The Kier molecular flexibility index (Phi) is 7.65. The first-order valence-electron chi connectivity index (χ1n) is 17.1. The number of hydrogen-bond acceptors (Lipinski definition) is 0. The molecule has 2 nitrogen and oxygen atoms in total. The third-order valence-corrected chi connectivity index (χ3v) is 10.4. The molecule has 0 spiro atoms. The van der Waals surface area contributed by atoms with Gasteiger partial charge in [-0.05, 0) is 77.2 Å². The van der Waals surface area contributed by atoms with Crippen LogP contribution in [0, 0.1) is 0 Å². The predicted molar refractivity (Wildman–Crippen MR) is 211 cm³/mol. The van der Waals surface area contributed by atoms with Crippen LogP contribution in [0.2, 0.25) is 0 Å². The molecule has 0 amide bonds. The average molecular weight is 633 g/mol. The number of aryl methyl sites for hydroxylation is 1. The minimum Gasteiger partial charge on any atom is -0.344 e. The van der Waals surface area contributed by atoms with Gasteiger partial charge in [0.25, 0.3) is 0 Å². The minimum absolute atomic E-state index is 0.169. The second-order valence-corrected chi connectivity index (χ2v) is 13.5. The summed E-state index contributed by atoms with van der Waals surface area (Å²) in [5, 5.41) is 5.17. The minimum atomic E-state index is 0.169. The molecule has 49 heavy (non-hydrogen) atoms. The Bertz CT molecular complexity index is 2570. The molecule has 0 N–H and O–H groups in total. The summed E-state index contributed by atoms with van der Waals surface area (Å²) >= 11 is 0. The number of benzene rings is 6. The van der Waals surface area contributed by atoms with Crippen LogP contribution in [0.4, 0.5) is 0 Å². The van der Waals surface area contributed by atoms with Gasteiger partial charge in [-0.1, -0.05) is 141 Å². The van der Waals surface area contributed by atoms with Crippen molar-refractivity contribution in [2.24, 2.45) is 7.05 Å². The van der Waals surface area contributed by atoms with Gasteiger partial charge in [0, 0.05) is 50.7 Å². The molecule has 9 rings (SSSR count). The monoisotopic (exact) mass is 632 g/mol. The Morgan fingerprint density at radius 3 is 1.84 bits per heavy atom. The molecule has 1 aliphatic rings. The molecular weight excluding hydrogens is 593 g/mol. The molecule has 0 saturated carbocycles. The normalized spacial score (nSPS) is 14.6. The van der Waals surface area contributed by atoms with Gasteiger partial charge in [-0.2, -0.15) is 0 Å². The van der Waals surface area contributed by atoms with Crippen molar-refractivity contribution in [3.05, 3.63) is 187 Å². The van der Waals surface area contributed by atoms with Gasteiger partial charge in [0.2, 0.25) is 0 Å². The molecule has 2 heterocycles. The summed E-state index contributed by atoms with van der Waals surface area (Å²) in [5.74, 6) is 0. The average Bonchev–Trinajstić information content (AvgIpc) is 3.73. The fourth-order valence-electron chi connectivity index (χ4n) is 7.76. The zero-order valence-electron chi connectivity index (χ0n) is 28.4. The van der Waals surface area contributed by atoms with E-state index in [0.29, 0.717) is 0 Å². The molecule has 0 fully saturated rings. The summed E-state index contributed by atoms with van der Waals surface area (Å²) in [4.78, 5) is 0. The van der Waals surface area contributed by atoms with E-state index in [1.165, 1.54) is 77.1 Å². The molecular formula is C47H40N2. The zero-order valence-corrected chi connectivity index (χ0v) is 28.4. The van der Waals surface area contributed by atoms with Crippen molar-refractivity contribution in [2.75, 3.05) is 0 Å². The first kappa shape index (κ1) is 30.5. The zero-order chi connectivity index (χ0) is 33.5. The van der Waals surface area contributed by atoms with E-state index in [9.17, 15) is 0 Å². The molecule has 0 unspecified atom stereocenters. The van der Waals surface area contributed by atoms with Crippen molar-refractivity contribution in [1.82, 2.24) is 9.13 Å². The molecule has 8 aromatic rings. The highest BCUT2D eigenvalue weighted by Gasteiger charge is 2.33. The standard InChI is InChI=1S/C31H22N2.C16H18/c1-32-28-13-7-5-11-24(28)26-19-21(15-17-29(26)32)22-16-18-31-27(20-22)25-12-6-8-14-30(25)33(31)23-9-3-2-4-10-23;1-4-5-6-10-14-12-13-9-7-8-11-15(13)16(14,2)3/h2-20H,1H3;4-11H,1,12H2,2-3H3/b;6-5-,14-10+. The van der Waals surface area contributed by atoms with Crippen LogP contribution in [0.15, 0.2) is 176 Å². The Morgan fingerprint density at radius 2 is 1.12 bits per heavy atom. The van der Waals surface area contributed by atoms with E-state index in [-0.39, 0.29) is 5.41 Å². The summed E-state index contributed by atoms with van der Waals surface area (Å²) in [7, 11) is 2.15. The Balaban J connectivity index is 0.000000184. The van der Waals surface area contributed by atoms with Crippen LogP contribution >= 0.6 is 0 Å². The first-order chi connectivity index (χ1) is 24.0. The van der Waals surface area contributed by atoms with Crippen molar-refractivity contribution < 1.29 is 0 Å². The molecule has 238 valence electrons. The maximum atomic E-state index is 3.68. The van der Waals surface area contributed by atoms with Crippen LogP contribution in [0.5, 0.6) is 0 Å². The first-order valence-corrected chi connectivity index (χ1v) is 17.1. The van der Waals surface area contributed by atoms with Gasteiger partial charge in [0.15, 0.2) is 0 Å². The van der Waals surface area contributed by atoms with Gasteiger partial charge in [-0.15, -0.1) is 0 Å². The van der Waals surface area contributed by atoms with Crippen LogP contribution in [-0.2, 0) is 18.9 Å². The number of hydrogen-bond donors (Lipinski definition) is 0. The van der Waals surface area contributed by atoms with E-state index < -0.39 is 0 Å². The second kappa shape index (κ2) is 12.3. The summed E-state index contributed by atoms with van der Waals surface area (Å²) in [5.41, 5.74) is 13.3. The lowest BCUT2D eigenvalue weighted by Gasteiger charge is -2.21. The molecule has 0 atom stereocenters. The molecule has 6 aromatic carbocycles. The second-order valence-electron chi connectivity index (χ2n) is 13.5. The summed E-state index contributed by atoms with van der Waals surface area (Å²) in [6.45, 7) is 8.28. The quantitative estimate of drug-likeness (QED) is 0.171. The third kappa shape index (κ3) is 5.21. The van der Waals surface area contributed by atoms with Gasteiger partial charge in [-0.25, -0.2) is 0 Å². The fourth-order valence-corrected chi connectivity index (χ4v) is 7.76. The largest absolute Gasteiger partial charge is 0.344 e. The van der Waals surface area contributed by atoms with E-state index in [2.05, 4.69) is 188 Å². The number of rotatable bonds is 4. The highest BCUT2D eigenvalue weighted by Crippen LogP contribution is 2.42. The number of nitrogens with zero attached hydrogens (tertiary/aromatic N) is 2. The topological polar surface area (TPSA) is 9.86 Å². The van der Waals surface area contributed by atoms with Crippen molar-refractivity contribution >= 4 is 43.6 Å². The van der Waals surface area contributed by atoms with Gasteiger partial charge < -0.3 is 9.13 Å². The molecule has 2 heteroatoms. The van der Waals surface area contributed by atoms with E-state index in [1.54, 1.807) is 0 Å². The van der Waals surface area contributed by atoms with Crippen molar-refractivity contribution in [3.63, 3.8) is 0 Å². The number of aromatic nitrogens is 2. The smallest absolute Gasteiger partial charge is 0.0541 e. The van der Waals surface area contributed by atoms with E-state index >= 15 is 0 Å². The molecule has 0 aliphatic heterocycles. The molecule has 0 radical (unpaired) electrons. The number of para-hydroxylation sites is 3. The van der Waals surface area contributed by atoms with Crippen molar-refractivity contribution in [3.8, 4) is 16.8 Å². The number of fused-ring (bicyclic) bond motifs is 7.